The second kappa shape index (κ2) is 16.5. The molecule has 1 N–H and O–H groups in total. The first-order chi connectivity index (χ1) is 23.7. The van der Waals surface area contributed by atoms with Crippen molar-refractivity contribution in [1.29, 1.82) is 0 Å². The van der Waals surface area contributed by atoms with Crippen LogP contribution in [-0.4, -0.2) is 50.9 Å². The number of para-hydroxylation sites is 1. The summed E-state index contributed by atoms with van der Waals surface area (Å²) in [5, 5.41) is 3.18. The minimum absolute atomic E-state index is 0.0549. The van der Waals surface area contributed by atoms with Crippen molar-refractivity contribution in [3.8, 4) is 17.2 Å². The fourth-order valence-electron chi connectivity index (χ4n) is 6.06. The maximum atomic E-state index is 14.5. The molecule has 9 nitrogen and oxygen atoms in total. The van der Waals surface area contributed by atoms with E-state index in [1.807, 2.05) is 56.3 Å². The number of ether oxygens (including phenoxy) is 2. The average molecular weight is 684 g/mol. The quantitative estimate of drug-likeness (QED) is 0.150. The highest BCUT2D eigenvalue weighted by Crippen LogP contribution is 2.29. The van der Waals surface area contributed by atoms with Crippen LogP contribution < -0.4 is 19.1 Å². The number of nitrogens with zero attached hydrogens (tertiary/aromatic N) is 2. The number of amides is 2. The monoisotopic (exact) mass is 683 g/mol. The van der Waals surface area contributed by atoms with Gasteiger partial charge in [0, 0.05) is 12.6 Å². The molecule has 5 rings (SSSR count). The van der Waals surface area contributed by atoms with Crippen molar-refractivity contribution >= 4 is 27.5 Å². The molecule has 0 radical (unpaired) electrons. The van der Waals surface area contributed by atoms with E-state index < -0.39 is 28.5 Å². The third kappa shape index (κ3) is 9.20. The topological polar surface area (TPSA) is 105 Å². The lowest BCUT2D eigenvalue weighted by Crippen LogP contribution is -2.54. The fraction of sp³-hybridized carbons (Fsp3) is 0.333. The van der Waals surface area contributed by atoms with Gasteiger partial charge in [-0.05, 0) is 92.4 Å². The number of methoxy groups -OCH3 is 1. The molecule has 1 fully saturated rings. The number of carbonyl (C=O) groups excluding carboxylic acids is 2. The molecule has 49 heavy (non-hydrogen) atoms. The molecule has 0 heterocycles. The van der Waals surface area contributed by atoms with Gasteiger partial charge in [0.15, 0.2) is 0 Å². The second-order valence-corrected chi connectivity index (χ2v) is 14.2. The smallest absolute Gasteiger partial charge is 0.264 e. The van der Waals surface area contributed by atoms with E-state index in [0.29, 0.717) is 29.4 Å². The zero-order valence-corrected chi connectivity index (χ0v) is 29.2. The van der Waals surface area contributed by atoms with Gasteiger partial charge in [0.25, 0.3) is 10.0 Å². The zero-order valence-electron chi connectivity index (χ0n) is 28.4. The van der Waals surface area contributed by atoms with Crippen LogP contribution in [0.4, 0.5) is 5.69 Å². The number of anilines is 1. The molecular formula is C39H45N3O6S. The highest BCUT2D eigenvalue weighted by molar-refractivity contribution is 7.92. The van der Waals surface area contributed by atoms with Crippen LogP contribution in [0, 0.1) is 6.92 Å². The van der Waals surface area contributed by atoms with Crippen molar-refractivity contribution in [2.45, 2.75) is 75.9 Å². The van der Waals surface area contributed by atoms with E-state index in [4.69, 9.17) is 9.47 Å². The van der Waals surface area contributed by atoms with Crippen molar-refractivity contribution in [2.24, 2.45) is 0 Å². The highest BCUT2D eigenvalue weighted by atomic mass is 32.2. The first-order valence-corrected chi connectivity index (χ1v) is 18.3. The number of benzene rings is 4. The summed E-state index contributed by atoms with van der Waals surface area (Å²) in [6.45, 7) is 3.34. The van der Waals surface area contributed by atoms with Gasteiger partial charge in [0.2, 0.25) is 11.8 Å². The van der Waals surface area contributed by atoms with Crippen molar-refractivity contribution in [1.82, 2.24) is 10.2 Å². The summed E-state index contributed by atoms with van der Waals surface area (Å²) in [6.07, 6.45) is 5.42. The molecule has 0 aromatic heterocycles. The maximum Gasteiger partial charge on any atom is 0.264 e. The van der Waals surface area contributed by atoms with Crippen LogP contribution in [0.25, 0.3) is 0 Å². The van der Waals surface area contributed by atoms with E-state index in [0.717, 1.165) is 47.5 Å². The molecule has 0 aliphatic heterocycles. The van der Waals surface area contributed by atoms with E-state index in [-0.39, 0.29) is 23.4 Å². The summed E-state index contributed by atoms with van der Waals surface area (Å²) in [4.78, 5) is 29.8. The lowest BCUT2D eigenvalue weighted by Gasteiger charge is -2.34. The standard InChI is InChI=1S/C39H45N3O6S/c1-4-37(39(44)40-31-11-7-5-8-12-31)41(27-30-17-21-33(47-3)22-18-30)38(43)28-42(49(45,46)36-25-15-29(2)16-26-36)32-19-23-35(24-20-32)48-34-13-9-6-10-14-34/h6,9-10,13-26,31,37H,4-5,7-8,11-12,27-28H2,1-3H3,(H,40,44)/t37-/m1/s1. The van der Waals surface area contributed by atoms with Gasteiger partial charge in [-0.2, -0.15) is 0 Å². The minimum atomic E-state index is -4.20. The fourth-order valence-corrected chi connectivity index (χ4v) is 7.48. The highest BCUT2D eigenvalue weighted by Gasteiger charge is 2.34. The number of hydrogen-bond donors (Lipinski definition) is 1. The molecule has 4 aromatic rings. The van der Waals surface area contributed by atoms with Crippen molar-refractivity contribution in [2.75, 3.05) is 18.0 Å². The van der Waals surface area contributed by atoms with E-state index in [9.17, 15) is 18.0 Å². The predicted octanol–water partition coefficient (Wildman–Crippen LogP) is 7.25. The van der Waals surface area contributed by atoms with Gasteiger partial charge in [-0.3, -0.25) is 13.9 Å². The van der Waals surface area contributed by atoms with Crippen LogP contribution in [0.15, 0.2) is 108 Å². The van der Waals surface area contributed by atoms with E-state index in [2.05, 4.69) is 5.32 Å². The number of aryl methyl sites for hydroxylation is 1. The molecule has 1 aliphatic carbocycles. The first-order valence-electron chi connectivity index (χ1n) is 16.8. The van der Waals surface area contributed by atoms with Gasteiger partial charge in [0.1, 0.15) is 29.8 Å². The van der Waals surface area contributed by atoms with Crippen LogP contribution in [0.2, 0.25) is 0 Å². The molecule has 0 saturated heterocycles. The number of nitrogens with one attached hydrogen (secondary N) is 1. The SMILES string of the molecule is CC[C@H](C(=O)NC1CCCCC1)N(Cc1ccc(OC)cc1)C(=O)CN(c1ccc(Oc2ccccc2)cc1)S(=O)(=O)c1ccc(C)cc1. The number of sulfonamides is 1. The van der Waals surface area contributed by atoms with Crippen molar-refractivity contribution in [3.05, 3.63) is 114 Å². The molecule has 2 amide bonds. The number of rotatable bonds is 14. The van der Waals surface area contributed by atoms with E-state index >= 15 is 0 Å². The summed E-state index contributed by atoms with van der Waals surface area (Å²) in [5.41, 5.74) is 1.98. The number of carbonyl (C=O) groups is 2. The van der Waals surface area contributed by atoms with Crippen LogP contribution in [-0.2, 0) is 26.2 Å². The summed E-state index contributed by atoms with van der Waals surface area (Å²) in [5.74, 6) is 1.09. The molecule has 1 aliphatic rings. The zero-order chi connectivity index (χ0) is 34.8. The normalized spacial score (nSPS) is 14.0. The Balaban J connectivity index is 1.48. The Morgan fingerprint density at radius 3 is 2.04 bits per heavy atom. The van der Waals surface area contributed by atoms with E-state index in [1.54, 1.807) is 55.6 Å². The van der Waals surface area contributed by atoms with E-state index in [1.165, 1.54) is 17.0 Å². The molecule has 0 spiro atoms. The molecule has 0 bridgehead atoms. The van der Waals surface area contributed by atoms with Crippen LogP contribution in [0.3, 0.4) is 0 Å². The van der Waals surface area contributed by atoms with Gasteiger partial charge in [-0.25, -0.2) is 8.42 Å². The second-order valence-electron chi connectivity index (χ2n) is 12.4. The third-order valence-electron chi connectivity index (χ3n) is 8.84. The lowest BCUT2D eigenvalue weighted by molar-refractivity contribution is -0.140. The molecule has 258 valence electrons. The van der Waals surface area contributed by atoms with Gasteiger partial charge in [-0.15, -0.1) is 0 Å². The first kappa shape index (κ1) is 35.5. The van der Waals surface area contributed by atoms with Gasteiger partial charge < -0.3 is 19.7 Å². The van der Waals surface area contributed by atoms with Crippen LogP contribution in [0.1, 0.15) is 56.6 Å². The van der Waals surface area contributed by atoms with Crippen molar-refractivity contribution < 1.29 is 27.5 Å². The lowest BCUT2D eigenvalue weighted by atomic mass is 9.95. The largest absolute Gasteiger partial charge is 0.497 e. The number of hydrogen-bond acceptors (Lipinski definition) is 6. The van der Waals surface area contributed by atoms with Gasteiger partial charge in [-0.1, -0.05) is 74.2 Å². The Hall–Kier alpha value is -4.83. The predicted molar refractivity (Wildman–Crippen MR) is 191 cm³/mol. The van der Waals surface area contributed by atoms with Crippen molar-refractivity contribution in [3.63, 3.8) is 0 Å². The molecule has 0 unspecified atom stereocenters. The Morgan fingerprint density at radius 1 is 0.816 bits per heavy atom. The Bertz CT molecular complexity index is 1770. The summed E-state index contributed by atoms with van der Waals surface area (Å²) in [7, 11) is -2.62. The third-order valence-corrected chi connectivity index (χ3v) is 10.6. The Labute approximate surface area is 289 Å². The molecule has 1 saturated carbocycles. The Morgan fingerprint density at radius 2 is 1.43 bits per heavy atom. The van der Waals surface area contributed by atoms with Gasteiger partial charge in [0.05, 0.1) is 17.7 Å². The molecule has 1 atom stereocenters. The maximum absolute atomic E-state index is 14.5. The molecule has 10 heteroatoms. The average Bonchev–Trinajstić information content (AvgIpc) is 3.12. The molecule has 4 aromatic carbocycles. The van der Waals surface area contributed by atoms with Crippen LogP contribution in [0.5, 0.6) is 17.2 Å². The summed E-state index contributed by atoms with van der Waals surface area (Å²) < 4.78 is 40.9. The molecular weight excluding hydrogens is 639 g/mol. The minimum Gasteiger partial charge on any atom is -0.497 e. The Kier molecular flexibility index (Phi) is 12.0. The van der Waals surface area contributed by atoms with Gasteiger partial charge >= 0.3 is 0 Å². The summed E-state index contributed by atoms with van der Waals surface area (Å²) >= 11 is 0. The van der Waals surface area contributed by atoms with Crippen LogP contribution >= 0.6 is 0 Å². The summed E-state index contributed by atoms with van der Waals surface area (Å²) in [6, 6.07) is 28.9.